The molecule has 2 aromatic carbocycles. The third-order valence-electron chi connectivity index (χ3n) is 10.7. The Labute approximate surface area is 386 Å². The van der Waals surface area contributed by atoms with Gasteiger partial charge in [0.15, 0.2) is 0 Å². The second-order valence-corrected chi connectivity index (χ2v) is 17.2. The van der Waals surface area contributed by atoms with Crippen molar-refractivity contribution in [3.05, 3.63) is 133 Å². The molecule has 1 saturated heterocycles. The number of alkyl halides is 3. The Bertz CT molecular complexity index is 2390. The molecule has 0 saturated carbocycles. The highest BCUT2D eigenvalue weighted by atomic mass is 19.4. The third kappa shape index (κ3) is 15.8. The number of carbonyl (C=O) groups excluding carboxylic acids is 3. The first kappa shape index (κ1) is 49.9. The lowest BCUT2D eigenvalue weighted by atomic mass is 9.91. The van der Waals surface area contributed by atoms with Crippen molar-refractivity contribution in [2.75, 3.05) is 39.3 Å². The first-order chi connectivity index (χ1) is 32.0. The third-order valence-corrected chi connectivity index (χ3v) is 10.7. The van der Waals surface area contributed by atoms with E-state index in [1.54, 1.807) is 60.0 Å². The molecule has 5 atom stereocenters. The molecule has 5 aromatic rings. The van der Waals surface area contributed by atoms with E-state index in [9.17, 15) is 37.8 Å². The number of rotatable bonds is 15. The second-order valence-electron chi connectivity index (χ2n) is 17.2. The minimum absolute atomic E-state index is 0.0142. The summed E-state index contributed by atoms with van der Waals surface area (Å²) in [6, 6.07) is 18.5. The summed E-state index contributed by atoms with van der Waals surface area (Å²) in [4.78, 5) is 57.7. The van der Waals surface area contributed by atoms with Gasteiger partial charge in [0, 0.05) is 79.7 Å². The number of halogens is 3. The lowest BCUT2D eigenvalue weighted by Gasteiger charge is -2.41. The zero-order valence-electron chi connectivity index (χ0n) is 37.4. The van der Waals surface area contributed by atoms with Crippen LogP contribution in [0.4, 0.5) is 13.2 Å². The molecule has 19 heteroatoms. The molecule has 0 spiro atoms. The first-order valence-electron chi connectivity index (χ1n) is 21.7. The smallest absolute Gasteiger partial charge is 0.405 e. The van der Waals surface area contributed by atoms with Crippen LogP contribution in [0.15, 0.2) is 115 Å². The van der Waals surface area contributed by atoms with Crippen LogP contribution >= 0.6 is 0 Å². The van der Waals surface area contributed by atoms with E-state index < -0.39 is 60.3 Å². The van der Waals surface area contributed by atoms with E-state index >= 15 is 0 Å². The molecule has 0 aliphatic carbocycles. The fraction of sp³-hybridized carbons (Fsp3) is 0.396. The summed E-state index contributed by atoms with van der Waals surface area (Å²) >= 11 is 0. The molecule has 4 N–H and O–H groups in total. The molecule has 2 aliphatic rings. The van der Waals surface area contributed by atoms with Crippen molar-refractivity contribution in [1.29, 1.82) is 0 Å². The molecule has 356 valence electrons. The number of para-hydroxylation sites is 1. The van der Waals surface area contributed by atoms with Crippen molar-refractivity contribution >= 4 is 23.9 Å². The van der Waals surface area contributed by atoms with Crippen molar-refractivity contribution < 1.29 is 51.7 Å². The van der Waals surface area contributed by atoms with Gasteiger partial charge in [0.05, 0.1) is 18.7 Å². The molecular weight excluding hydrogens is 874 g/mol. The van der Waals surface area contributed by atoms with Gasteiger partial charge in [0.2, 0.25) is 11.8 Å². The molecule has 0 unspecified atom stereocenters. The van der Waals surface area contributed by atoms with Crippen LogP contribution in [0.1, 0.15) is 55.7 Å². The quantitative estimate of drug-likeness (QED) is 0.0811. The van der Waals surface area contributed by atoms with Crippen LogP contribution in [0.5, 0.6) is 5.75 Å². The second kappa shape index (κ2) is 23.3. The fourth-order valence-corrected chi connectivity index (χ4v) is 7.60. The number of amides is 2. The largest absolute Gasteiger partial charge is 0.490 e. The normalized spacial score (nSPS) is 18.7. The average Bonchev–Trinajstić information content (AvgIpc) is 3.77. The lowest BCUT2D eigenvalue weighted by molar-refractivity contribution is -0.148. The molecule has 16 nitrogen and oxygen atoms in total. The number of hydrogen-bond acceptors (Lipinski definition) is 14. The molecule has 1 fully saturated rings. The number of piperazine rings is 1. The Kier molecular flexibility index (Phi) is 17.3. The van der Waals surface area contributed by atoms with E-state index in [-0.39, 0.29) is 45.1 Å². The number of nitrogens with one attached hydrogen (secondary N) is 2. The van der Waals surface area contributed by atoms with Gasteiger partial charge >= 0.3 is 12.1 Å². The highest BCUT2D eigenvalue weighted by Gasteiger charge is 2.38. The number of aliphatic hydroxyl groups is 2. The Morgan fingerprint density at radius 1 is 0.925 bits per heavy atom. The van der Waals surface area contributed by atoms with Crippen LogP contribution in [-0.2, 0) is 32.1 Å². The average molecular weight is 929 g/mol. The minimum Gasteiger partial charge on any atom is -0.490 e. The van der Waals surface area contributed by atoms with Crippen LogP contribution in [0.25, 0.3) is 17.4 Å². The van der Waals surface area contributed by atoms with Crippen LogP contribution in [-0.4, -0.2) is 127 Å². The van der Waals surface area contributed by atoms with E-state index in [1.807, 2.05) is 73.5 Å². The van der Waals surface area contributed by atoms with Crippen LogP contribution in [0.2, 0.25) is 0 Å². The Hall–Kier alpha value is -6.54. The van der Waals surface area contributed by atoms with Gasteiger partial charge in [-0.3, -0.25) is 19.4 Å². The number of β-amino-alcohol motifs (C(OH)–C–C–N with tert-alkyl or cyclic N) is 1. The number of furan rings is 1. The van der Waals surface area contributed by atoms with Crippen molar-refractivity contribution in [3.63, 3.8) is 0 Å². The van der Waals surface area contributed by atoms with Crippen molar-refractivity contribution in [2.24, 2.45) is 5.92 Å². The van der Waals surface area contributed by atoms with Crippen molar-refractivity contribution in [2.45, 2.75) is 76.2 Å². The number of benzene rings is 2. The Morgan fingerprint density at radius 2 is 1.61 bits per heavy atom. The number of ether oxygens (including phenoxy) is 2. The molecule has 0 radical (unpaired) electrons. The van der Waals surface area contributed by atoms with E-state index in [2.05, 4.69) is 25.3 Å². The van der Waals surface area contributed by atoms with Gasteiger partial charge in [-0.2, -0.15) is 13.2 Å². The summed E-state index contributed by atoms with van der Waals surface area (Å²) in [5.74, 6) is -0.566. The number of hydrogen-bond donors (Lipinski definition) is 4. The number of fused-ring (bicyclic) bond motifs is 1. The standard InChI is InChI=1S/C37H41F3N6O6.C11H14N2O2/c38-37(39,40)22-43-36(50)30-20-45(19-28-10-11-32(52-28)25-6-2-1-3-7-25)12-13-46(30)18-27(47)15-26(14-24-16-41-23-42-17-24)35(49)44-34-29-8-4-5-9-33(29)51-21-31(34)48;1-11(2,3)15-10(14)5-4-9-6-12-8-13-7-9/h1-11,16-17,23,26-27,30-31,34,47-48H,12-15,18-22H2,(H,43,50)(H,44,49);4-8H,1-3H3/b;5-4+/t26-,27+,30+,31-,34+;/m1./s1. The zero-order valence-corrected chi connectivity index (χ0v) is 37.4. The Morgan fingerprint density at radius 3 is 2.31 bits per heavy atom. The predicted molar refractivity (Wildman–Crippen MR) is 239 cm³/mol. The topological polar surface area (TPSA) is 205 Å². The predicted octanol–water partition coefficient (Wildman–Crippen LogP) is 4.95. The van der Waals surface area contributed by atoms with Crippen LogP contribution < -0.4 is 15.4 Å². The van der Waals surface area contributed by atoms with Crippen molar-refractivity contribution in [1.82, 2.24) is 40.4 Å². The van der Waals surface area contributed by atoms with E-state index in [1.165, 1.54) is 18.7 Å². The molecule has 7 rings (SSSR count). The maximum Gasteiger partial charge on any atom is 0.405 e. The minimum atomic E-state index is -4.60. The highest BCUT2D eigenvalue weighted by Crippen LogP contribution is 2.33. The number of aromatic nitrogens is 4. The molecule has 2 amide bonds. The summed E-state index contributed by atoms with van der Waals surface area (Å²) in [6.07, 6.45) is 5.52. The van der Waals surface area contributed by atoms with Crippen LogP contribution in [0, 0.1) is 5.92 Å². The fourth-order valence-electron chi connectivity index (χ4n) is 7.60. The van der Waals surface area contributed by atoms with Gasteiger partial charge in [-0.15, -0.1) is 0 Å². The van der Waals surface area contributed by atoms with Gasteiger partial charge in [0.1, 0.15) is 60.8 Å². The maximum atomic E-state index is 13.8. The molecular formula is C48H55F3N8O8. The van der Waals surface area contributed by atoms with Gasteiger partial charge < -0.3 is 34.7 Å². The van der Waals surface area contributed by atoms with E-state index in [0.717, 1.165) is 11.1 Å². The highest BCUT2D eigenvalue weighted by molar-refractivity contribution is 5.87. The molecule has 3 aromatic heterocycles. The van der Waals surface area contributed by atoms with Gasteiger partial charge in [-0.05, 0) is 63.5 Å². The maximum absolute atomic E-state index is 13.8. The summed E-state index contributed by atoms with van der Waals surface area (Å²) in [6.45, 7) is 5.03. The number of nitrogens with zero attached hydrogens (tertiary/aromatic N) is 6. The molecule has 67 heavy (non-hydrogen) atoms. The van der Waals surface area contributed by atoms with Gasteiger partial charge in [-0.1, -0.05) is 48.5 Å². The molecule has 2 aliphatic heterocycles. The Balaban J connectivity index is 0.000000421. The molecule has 5 heterocycles. The van der Waals surface area contributed by atoms with E-state index in [0.29, 0.717) is 41.5 Å². The summed E-state index contributed by atoms with van der Waals surface area (Å²) in [7, 11) is 0. The number of aliphatic hydroxyl groups excluding tert-OH is 2. The summed E-state index contributed by atoms with van der Waals surface area (Å²) < 4.78 is 56.1. The molecule has 0 bridgehead atoms. The zero-order chi connectivity index (χ0) is 48.0. The van der Waals surface area contributed by atoms with Gasteiger partial charge in [-0.25, -0.2) is 24.7 Å². The number of carbonyl (C=O) groups is 3. The summed E-state index contributed by atoms with van der Waals surface area (Å²) in [5.41, 5.74) is 2.47. The van der Waals surface area contributed by atoms with Gasteiger partial charge in [0.25, 0.3) is 0 Å². The first-order valence-corrected chi connectivity index (χ1v) is 21.7. The summed E-state index contributed by atoms with van der Waals surface area (Å²) in [5, 5.41) is 27.1. The monoisotopic (exact) mass is 928 g/mol. The number of esters is 1. The van der Waals surface area contributed by atoms with Crippen molar-refractivity contribution in [3.8, 4) is 17.1 Å². The van der Waals surface area contributed by atoms with Crippen LogP contribution in [0.3, 0.4) is 0 Å². The SMILES string of the molecule is CC(C)(C)OC(=O)/C=C/c1cncnc1.O=C(N[C@H]1c2ccccc2OC[C@H]1O)[C@H](Cc1cncnc1)C[C@H](O)CN1CCN(Cc2ccc(-c3ccccc3)o2)C[C@H]1C(=O)NCC(F)(F)F. The lowest BCUT2D eigenvalue weighted by Crippen LogP contribution is -2.60. The van der Waals surface area contributed by atoms with E-state index in [4.69, 9.17) is 13.9 Å².